The molecule has 1 heterocycles. The van der Waals surface area contributed by atoms with E-state index in [1.54, 1.807) is 23.1 Å². The van der Waals surface area contributed by atoms with Gasteiger partial charge in [0, 0.05) is 19.0 Å². The van der Waals surface area contributed by atoms with Gasteiger partial charge in [-0.25, -0.2) is 8.42 Å². The smallest absolute Gasteiger partial charge is 0.310 e. The van der Waals surface area contributed by atoms with Crippen LogP contribution in [0, 0.1) is 34.0 Å². The van der Waals surface area contributed by atoms with E-state index < -0.39 is 55.5 Å². The maximum atomic E-state index is 13.6. The molecule has 0 bridgehead atoms. The summed E-state index contributed by atoms with van der Waals surface area (Å²) < 4.78 is 26.8. The number of nitriles is 1. The van der Waals surface area contributed by atoms with Gasteiger partial charge in [0.15, 0.2) is 9.84 Å². The minimum Gasteiger partial charge on any atom is -0.481 e. The number of aliphatic carboxylic acids is 1. The predicted octanol–water partition coefficient (Wildman–Crippen LogP) is 1.34. The summed E-state index contributed by atoms with van der Waals surface area (Å²) in [7, 11) is -3.94. The average Bonchev–Trinajstić information content (AvgIpc) is 3.44. The van der Waals surface area contributed by atoms with Crippen molar-refractivity contribution < 1.29 is 27.9 Å². The Kier molecular flexibility index (Phi) is 5.73. The van der Waals surface area contributed by atoms with Crippen molar-refractivity contribution in [2.75, 3.05) is 13.1 Å². The Bertz CT molecular complexity index is 1120. The van der Waals surface area contributed by atoms with Crippen molar-refractivity contribution in [3.05, 3.63) is 30.3 Å². The summed E-state index contributed by atoms with van der Waals surface area (Å²) in [6.07, 6.45) is 1.94. The van der Waals surface area contributed by atoms with Crippen molar-refractivity contribution >= 4 is 27.6 Å². The summed E-state index contributed by atoms with van der Waals surface area (Å²) in [6, 6.07) is 9.59. The minimum atomic E-state index is -3.94. The number of rotatable bonds is 6. The van der Waals surface area contributed by atoms with Crippen LogP contribution in [0.3, 0.4) is 0 Å². The first kappa shape index (κ1) is 23.2. The van der Waals surface area contributed by atoms with Gasteiger partial charge in [-0.1, -0.05) is 18.2 Å². The van der Waals surface area contributed by atoms with Gasteiger partial charge in [-0.3, -0.25) is 14.4 Å². The van der Waals surface area contributed by atoms with Gasteiger partial charge in [-0.15, -0.1) is 0 Å². The lowest BCUT2D eigenvalue weighted by molar-refractivity contribution is -0.160. The summed E-state index contributed by atoms with van der Waals surface area (Å²) in [6.45, 7) is 0.954. The molecule has 2 unspecified atom stereocenters. The number of hydrogen-bond acceptors (Lipinski definition) is 6. The van der Waals surface area contributed by atoms with Crippen molar-refractivity contribution in [1.29, 1.82) is 5.26 Å². The number of primary amides is 1. The topological polar surface area (TPSA) is 159 Å². The molecule has 0 aromatic heterocycles. The lowest BCUT2D eigenvalue weighted by Gasteiger charge is -2.36. The van der Waals surface area contributed by atoms with E-state index in [4.69, 9.17) is 5.73 Å². The Hall–Kier alpha value is -2.93. The number of nitrogens with two attached hydrogens (primary N) is 1. The quantitative estimate of drug-likeness (QED) is 0.630. The summed E-state index contributed by atoms with van der Waals surface area (Å²) in [5.41, 5.74) is 1.91. The third-order valence-electron chi connectivity index (χ3n) is 7.78. The lowest BCUT2D eigenvalue weighted by Crippen LogP contribution is -2.49. The predicted molar refractivity (Wildman–Crippen MR) is 116 cm³/mol. The van der Waals surface area contributed by atoms with Gasteiger partial charge in [0.05, 0.1) is 27.5 Å². The number of sulfone groups is 1. The minimum absolute atomic E-state index is 0.0533. The van der Waals surface area contributed by atoms with Gasteiger partial charge in [-0.2, -0.15) is 5.26 Å². The third kappa shape index (κ3) is 3.50. The highest BCUT2D eigenvalue weighted by Gasteiger charge is 2.76. The van der Waals surface area contributed by atoms with Crippen LogP contribution in [-0.4, -0.2) is 54.5 Å². The van der Waals surface area contributed by atoms with Crippen molar-refractivity contribution in [2.24, 2.45) is 28.4 Å². The maximum absolute atomic E-state index is 13.6. The first-order valence-electron chi connectivity index (χ1n) is 11.1. The normalized spacial score (nSPS) is 33.8. The van der Waals surface area contributed by atoms with E-state index >= 15 is 0 Å². The number of piperidine rings is 1. The molecule has 1 aliphatic heterocycles. The molecule has 4 rings (SSSR count). The fraction of sp³-hybridized carbons (Fsp3) is 0.565. The van der Waals surface area contributed by atoms with Gasteiger partial charge in [0.2, 0.25) is 11.8 Å². The lowest BCUT2D eigenvalue weighted by atomic mass is 9.70. The zero-order valence-electron chi connectivity index (χ0n) is 18.1. The number of hydrogen-bond donors (Lipinski definition) is 2. The molecule has 2 aliphatic carbocycles. The van der Waals surface area contributed by atoms with Crippen molar-refractivity contribution in [2.45, 2.75) is 48.7 Å². The average molecular weight is 474 g/mol. The molecular weight excluding hydrogens is 446 g/mol. The van der Waals surface area contributed by atoms with Crippen molar-refractivity contribution in [3.63, 3.8) is 0 Å². The first-order chi connectivity index (χ1) is 15.6. The summed E-state index contributed by atoms with van der Waals surface area (Å²) in [4.78, 5) is 40.2. The Morgan fingerprint density at radius 1 is 1.09 bits per heavy atom. The van der Waals surface area contributed by atoms with Gasteiger partial charge >= 0.3 is 5.97 Å². The van der Waals surface area contributed by atoms with Gasteiger partial charge in [0.1, 0.15) is 5.41 Å². The SMILES string of the molecule is N#CC1(C(N)=O)CC1[C@]1(C(=O)O)C[C@H](S(=O)(=O)c2ccccc2)C[C@H]1C(=O)N1CCCCC1. The number of nitrogens with zero attached hydrogens (tertiary/aromatic N) is 2. The standard InChI is InChI=1S/C23H27N3O6S/c24-14-22(20(25)28)13-18(22)23(21(29)30)12-16(33(31,32)15-7-3-1-4-8-15)11-17(23)19(27)26-9-5-2-6-10-26/h1,3-4,7-8,16-18H,2,5-6,9-13H2,(H2,25,28)(H,29,30)/t16-,17+,18?,22?,23+/m1/s1. The summed E-state index contributed by atoms with van der Waals surface area (Å²) in [5.74, 6) is -4.87. The van der Waals surface area contributed by atoms with Crippen LogP contribution in [-0.2, 0) is 24.2 Å². The van der Waals surface area contributed by atoms with Gasteiger partial charge in [0.25, 0.3) is 0 Å². The molecule has 3 aliphatic rings. The summed E-state index contributed by atoms with van der Waals surface area (Å²) >= 11 is 0. The van der Waals surface area contributed by atoms with Crippen LogP contribution in [0.1, 0.15) is 38.5 Å². The van der Waals surface area contributed by atoms with E-state index in [2.05, 4.69) is 0 Å². The monoisotopic (exact) mass is 473 g/mol. The van der Waals surface area contributed by atoms with Crippen LogP contribution < -0.4 is 5.73 Å². The second kappa shape index (κ2) is 8.13. The van der Waals surface area contributed by atoms with E-state index in [0.717, 1.165) is 19.3 Å². The highest BCUT2D eigenvalue weighted by molar-refractivity contribution is 7.92. The van der Waals surface area contributed by atoms with E-state index in [-0.39, 0.29) is 24.2 Å². The van der Waals surface area contributed by atoms with Crippen LogP contribution in [0.15, 0.2) is 35.2 Å². The maximum Gasteiger partial charge on any atom is 0.310 e. The van der Waals surface area contributed by atoms with Gasteiger partial charge in [-0.05, 0) is 50.7 Å². The van der Waals surface area contributed by atoms with Crippen LogP contribution in [0.5, 0.6) is 0 Å². The Morgan fingerprint density at radius 2 is 1.73 bits per heavy atom. The fourth-order valence-corrected chi connectivity index (χ4v) is 7.74. The molecule has 3 N–H and O–H groups in total. The number of benzene rings is 1. The van der Waals surface area contributed by atoms with E-state index in [9.17, 15) is 33.2 Å². The van der Waals surface area contributed by atoms with Crippen LogP contribution in [0.25, 0.3) is 0 Å². The van der Waals surface area contributed by atoms with Crippen LogP contribution in [0.2, 0.25) is 0 Å². The molecule has 10 heteroatoms. The molecule has 9 nitrogen and oxygen atoms in total. The molecule has 33 heavy (non-hydrogen) atoms. The molecule has 1 aromatic rings. The molecular formula is C23H27N3O6S. The Labute approximate surface area is 192 Å². The number of carboxylic acids is 1. The molecule has 176 valence electrons. The molecule has 1 aromatic carbocycles. The van der Waals surface area contributed by atoms with Crippen molar-refractivity contribution in [1.82, 2.24) is 4.90 Å². The molecule has 2 amide bonds. The Morgan fingerprint density at radius 3 is 2.24 bits per heavy atom. The molecule has 5 atom stereocenters. The number of carbonyl (C=O) groups excluding carboxylic acids is 2. The number of likely N-dealkylation sites (tertiary alicyclic amines) is 1. The second-order valence-electron chi connectivity index (χ2n) is 9.41. The Balaban J connectivity index is 1.79. The first-order valence-corrected chi connectivity index (χ1v) is 12.7. The molecule has 2 saturated carbocycles. The summed E-state index contributed by atoms with van der Waals surface area (Å²) in [5, 5.41) is 19.0. The molecule has 1 saturated heterocycles. The number of carboxylic acid groups (broad SMARTS) is 1. The van der Waals surface area contributed by atoms with E-state index in [0.29, 0.717) is 13.1 Å². The van der Waals surface area contributed by atoms with E-state index in [1.807, 2.05) is 6.07 Å². The highest BCUT2D eigenvalue weighted by Crippen LogP contribution is 2.68. The zero-order chi connectivity index (χ0) is 24.0. The zero-order valence-corrected chi connectivity index (χ0v) is 19.0. The van der Waals surface area contributed by atoms with Crippen LogP contribution in [0.4, 0.5) is 0 Å². The highest BCUT2D eigenvalue weighted by atomic mass is 32.2. The largest absolute Gasteiger partial charge is 0.481 e. The second-order valence-corrected chi connectivity index (χ2v) is 11.6. The van der Waals surface area contributed by atoms with Crippen LogP contribution >= 0.6 is 0 Å². The van der Waals surface area contributed by atoms with Crippen molar-refractivity contribution in [3.8, 4) is 6.07 Å². The molecule has 3 fully saturated rings. The van der Waals surface area contributed by atoms with E-state index in [1.165, 1.54) is 12.1 Å². The fourth-order valence-electron chi connectivity index (χ4n) is 5.88. The third-order valence-corrected chi connectivity index (χ3v) is 9.95. The number of amides is 2. The molecule has 0 radical (unpaired) electrons. The van der Waals surface area contributed by atoms with Gasteiger partial charge < -0.3 is 15.7 Å². The number of carbonyl (C=O) groups is 3. The molecule has 0 spiro atoms.